The van der Waals surface area contributed by atoms with Gasteiger partial charge in [0, 0.05) is 0 Å². The maximum Gasteiger partial charge on any atom is 0.631 e. The molecule has 0 saturated heterocycles. The average molecular weight is 388 g/mol. The van der Waals surface area contributed by atoms with Crippen LogP contribution < -0.4 is 54.1 Å². The minimum atomic E-state index is -4.64. The summed E-state index contributed by atoms with van der Waals surface area (Å²) in [5.41, 5.74) is 15.4. The van der Waals surface area contributed by atoms with Gasteiger partial charge in [0.1, 0.15) is 0 Å². The van der Waals surface area contributed by atoms with E-state index in [1.165, 1.54) is 0 Å². The van der Waals surface area contributed by atoms with Crippen molar-refractivity contribution in [2.24, 2.45) is 0 Å². The molecule has 1 heterocycles. The molecule has 0 aliphatic rings. The maximum atomic E-state index is 8.88. The fourth-order valence-electron chi connectivity index (χ4n) is 0.427. The van der Waals surface area contributed by atoms with E-state index in [1.807, 2.05) is 0 Å². The van der Waals surface area contributed by atoms with E-state index in [2.05, 4.69) is 15.0 Å². The number of hydrogen-bond acceptors (Lipinski definition) is 16. The first-order chi connectivity index (χ1) is 7.91. The quantitative estimate of drug-likeness (QED) is 0.152. The number of rotatable bonds is 0. The molecule has 0 amide bonds. The molecule has 0 unspecified atom stereocenters. The lowest BCUT2D eigenvalue weighted by molar-refractivity contribution is 0.274. The molecule has 0 aliphatic heterocycles. The van der Waals surface area contributed by atoms with E-state index in [-0.39, 0.29) is 54.7 Å². The van der Waals surface area contributed by atoms with Crippen molar-refractivity contribution in [3.63, 3.8) is 0 Å². The van der Waals surface area contributed by atoms with Crippen molar-refractivity contribution in [2.45, 2.75) is 0 Å². The zero-order valence-electron chi connectivity index (χ0n) is 12.9. The normalized spacial score (nSPS) is 7.08. The second-order valence-corrected chi connectivity index (χ2v) is 3.30. The molecule has 1 aromatic rings. The minimum absolute atomic E-state index is 0. The summed E-state index contributed by atoms with van der Waals surface area (Å²) in [4.78, 5) is 32.0. The maximum absolute atomic E-state index is 8.88. The Morgan fingerprint density at radius 2 is 0.750 bits per heavy atom. The first-order valence-corrected chi connectivity index (χ1v) is 5.33. The second-order valence-electron chi connectivity index (χ2n) is 2.27. The highest BCUT2D eigenvalue weighted by Gasteiger charge is 2.00. The van der Waals surface area contributed by atoms with Gasteiger partial charge in [0.05, 0.1) is 0 Å². The lowest BCUT2D eigenvalue weighted by Gasteiger charge is -1.93. The Hall–Kier alpha value is -1.78. The van der Waals surface area contributed by atoms with Gasteiger partial charge < -0.3 is 83.9 Å². The van der Waals surface area contributed by atoms with Gasteiger partial charge in [-0.2, -0.15) is 15.0 Å². The zero-order chi connectivity index (χ0) is 14.9. The molecule has 0 aromatic carbocycles. The standard InChI is InChI=1S/C3H6N6.BH3O3.6H3N.H3O4P/c4-1-7-2(5)9-3(6)8-1;2-1(3)4;;;;;;;1-5(2,3)4/h(H6,4,5,6,7,8,9);2-4H;6*1H3;(H3,1,2,3,4). The third-order valence-electron chi connectivity index (χ3n) is 0.687. The van der Waals surface area contributed by atoms with E-state index < -0.39 is 15.1 Å². The Bertz CT molecular complexity index is 345. The Kier molecular flexibility index (Phi) is 48.4. The number of aromatic nitrogens is 3. The molecule has 30 N–H and O–H groups in total. The summed E-state index contributed by atoms with van der Waals surface area (Å²) in [6.45, 7) is 0. The predicted octanol–water partition coefficient (Wildman–Crippen LogP) is -3.39. The molecule has 0 atom stereocenters. The molecule has 0 fully saturated rings. The van der Waals surface area contributed by atoms with Crippen LogP contribution in [-0.2, 0) is 4.57 Å². The Balaban J connectivity index is -0.0000000256. The van der Waals surface area contributed by atoms with Gasteiger partial charge in [-0.1, -0.05) is 0 Å². The van der Waals surface area contributed by atoms with Crippen molar-refractivity contribution in [3.8, 4) is 0 Å². The number of nitrogens with zero attached hydrogens (tertiary/aromatic N) is 3. The first kappa shape index (κ1) is 49.5. The Morgan fingerprint density at radius 1 is 0.667 bits per heavy atom. The van der Waals surface area contributed by atoms with Crippen LogP contribution in [0.1, 0.15) is 0 Å². The van der Waals surface area contributed by atoms with Crippen LogP contribution in [0.3, 0.4) is 0 Å². The van der Waals surface area contributed by atoms with Crippen molar-refractivity contribution in [2.75, 3.05) is 17.2 Å². The van der Waals surface area contributed by atoms with Crippen LogP contribution in [0, 0.1) is 0 Å². The molecule has 0 radical (unpaired) electrons. The largest absolute Gasteiger partial charge is 0.631 e. The van der Waals surface area contributed by atoms with Crippen LogP contribution in [-0.4, -0.2) is 52.0 Å². The highest BCUT2D eigenvalue weighted by Crippen LogP contribution is 2.25. The molecule has 24 heavy (non-hydrogen) atoms. The van der Waals surface area contributed by atoms with Gasteiger partial charge in [-0.05, 0) is 0 Å². The second kappa shape index (κ2) is 23.5. The topological polar surface area (TPSA) is 465 Å². The number of hydrogen-bond donors (Lipinski definition) is 15. The van der Waals surface area contributed by atoms with Crippen LogP contribution in [0.4, 0.5) is 17.8 Å². The van der Waals surface area contributed by atoms with E-state index in [0.29, 0.717) is 0 Å². The average Bonchev–Trinajstić information content (AvgIpc) is 1.94. The van der Waals surface area contributed by atoms with E-state index in [1.54, 1.807) is 0 Å². The molecular formula is C3H30BN12O7P. The summed E-state index contributed by atoms with van der Waals surface area (Å²) in [5, 5.41) is 21.5. The SMILES string of the molecule is N.N.N.N.N.N.Nc1nc(N)nc(N)n1.O=P(O)(O)O.OB(O)O. The lowest BCUT2D eigenvalue weighted by atomic mass is 10.3. The number of phosphoric acid groups is 1. The molecule has 0 spiro atoms. The molecule has 19 nitrogen and oxygen atoms in total. The van der Waals surface area contributed by atoms with Crippen molar-refractivity contribution < 1.29 is 34.3 Å². The lowest BCUT2D eigenvalue weighted by Crippen LogP contribution is -2.07. The molecule has 152 valence electrons. The molecule has 0 aliphatic carbocycles. The third-order valence-corrected chi connectivity index (χ3v) is 0.687. The molecular weight excluding hydrogens is 358 g/mol. The van der Waals surface area contributed by atoms with Gasteiger partial charge in [0.15, 0.2) is 0 Å². The molecule has 1 aromatic heterocycles. The molecule has 1 rings (SSSR count). The van der Waals surface area contributed by atoms with Crippen molar-refractivity contribution in [1.29, 1.82) is 0 Å². The highest BCUT2D eigenvalue weighted by atomic mass is 31.2. The molecule has 0 saturated carbocycles. The van der Waals surface area contributed by atoms with Crippen molar-refractivity contribution in [1.82, 2.24) is 51.9 Å². The van der Waals surface area contributed by atoms with Crippen molar-refractivity contribution >= 4 is 33.0 Å². The monoisotopic (exact) mass is 388 g/mol. The predicted molar refractivity (Wildman–Crippen MR) is 89.9 cm³/mol. The minimum Gasteiger partial charge on any atom is -0.402 e. The summed E-state index contributed by atoms with van der Waals surface area (Å²) in [6.07, 6.45) is 0. The summed E-state index contributed by atoms with van der Waals surface area (Å²) in [7, 11) is -6.81. The summed E-state index contributed by atoms with van der Waals surface area (Å²) in [5.74, 6) is 0.125. The Labute approximate surface area is 137 Å². The fourth-order valence-corrected chi connectivity index (χ4v) is 0.427. The number of nitrogens with two attached hydrogens (primary N) is 3. The third kappa shape index (κ3) is 71.5. The van der Waals surface area contributed by atoms with Gasteiger partial charge in [-0.3, -0.25) is 0 Å². The van der Waals surface area contributed by atoms with Gasteiger partial charge in [-0.25, -0.2) is 4.57 Å². The fraction of sp³-hybridized carbons (Fsp3) is 0. The van der Waals surface area contributed by atoms with Gasteiger partial charge in [0.2, 0.25) is 17.8 Å². The van der Waals surface area contributed by atoms with Crippen molar-refractivity contribution in [3.05, 3.63) is 0 Å². The van der Waals surface area contributed by atoms with Crippen LogP contribution in [0.5, 0.6) is 0 Å². The van der Waals surface area contributed by atoms with Crippen LogP contribution >= 0.6 is 7.82 Å². The van der Waals surface area contributed by atoms with Crippen LogP contribution in [0.25, 0.3) is 0 Å². The van der Waals surface area contributed by atoms with E-state index in [0.717, 1.165) is 0 Å². The van der Waals surface area contributed by atoms with Gasteiger partial charge in [0.25, 0.3) is 0 Å². The van der Waals surface area contributed by atoms with E-state index in [9.17, 15) is 0 Å². The highest BCUT2D eigenvalue weighted by molar-refractivity contribution is 7.45. The van der Waals surface area contributed by atoms with Crippen LogP contribution in [0.15, 0.2) is 0 Å². The Morgan fingerprint density at radius 3 is 0.833 bits per heavy atom. The van der Waals surface area contributed by atoms with E-state index in [4.69, 9.17) is 51.5 Å². The summed E-state index contributed by atoms with van der Waals surface area (Å²) >= 11 is 0. The summed E-state index contributed by atoms with van der Waals surface area (Å²) in [6, 6.07) is 0. The van der Waals surface area contributed by atoms with E-state index >= 15 is 0 Å². The number of nitrogen functional groups attached to an aromatic ring is 3. The number of anilines is 3. The zero-order valence-corrected chi connectivity index (χ0v) is 13.8. The summed E-state index contributed by atoms with van der Waals surface area (Å²) < 4.78 is 8.88. The first-order valence-electron chi connectivity index (χ1n) is 3.76. The van der Waals surface area contributed by atoms with Gasteiger partial charge >= 0.3 is 15.1 Å². The molecule has 21 heteroatoms. The van der Waals surface area contributed by atoms with Gasteiger partial charge in [-0.15, -0.1) is 0 Å². The van der Waals surface area contributed by atoms with Crippen LogP contribution in [0.2, 0.25) is 0 Å². The molecule has 0 bridgehead atoms. The smallest absolute Gasteiger partial charge is 0.402 e.